The van der Waals surface area contributed by atoms with Crippen LogP contribution < -0.4 is 5.32 Å². The highest BCUT2D eigenvalue weighted by atomic mass is 32.1. The highest BCUT2D eigenvalue weighted by molar-refractivity contribution is 7.09. The number of hydrogen-bond acceptors (Lipinski definition) is 3. The van der Waals surface area contributed by atoms with E-state index in [0.717, 1.165) is 30.0 Å². The molecule has 0 bridgehead atoms. The van der Waals surface area contributed by atoms with Crippen molar-refractivity contribution in [2.24, 2.45) is 0 Å². The van der Waals surface area contributed by atoms with Crippen LogP contribution in [0.15, 0.2) is 5.38 Å². The molecule has 3 nitrogen and oxygen atoms in total. The molecule has 13 heavy (non-hydrogen) atoms. The number of nitrogens with zero attached hydrogens (tertiary/aromatic N) is 1. The van der Waals surface area contributed by atoms with Crippen LogP contribution in [0.1, 0.15) is 30.0 Å². The molecule has 4 heteroatoms. The van der Waals surface area contributed by atoms with Gasteiger partial charge in [-0.1, -0.05) is 0 Å². The minimum atomic E-state index is -0.188. The van der Waals surface area contributed by atoms with Gasteiger partial charge in [0.15, 0.2) is 0 Å². The Morgan fingerprint density at radius 1 is 1.69 bits per heavy atom. The summed E-state index contributed by atoms with van der Waals surface area (Å²) in [7, 11) is 0. The van der Waals surface area contributed by atoms with Gasteiger partial charge in [0.05, 0.1) is 16.2 Å². The first-order chi connectivity index (χ1) is 6.27. The van der Waals surface area contributed by atoms with Crippen LogP contribution in [0.25, 0.3) is 0 Å². The van der Waals surface area contributed by atoms with Gasteiger partial charge in [0.1, 0.15) is 0 Å². The third-order valence-corrected chi connectivity index (χ3v) is 3.38. The fourth-order valence-electron chi connectivity index (χ4n) is 1.66. The summed E-state index contributed by atoms with van der Waals surface area (Å²) in [6.07, 6.45) is 4.92. The van der Waals surface area contributed by atoms with E-state index in [-0.39, 0.29) is 5.54 Å². The lowest BCUT2D eigenvalue weighted by atomic mass is 9.75. The Labute approximate surface area is 81.2 Å². The van der Waals surface area contributed by atoms with E-state index >= 15 is 0 Å². The molecular weight excluding hydrogens is 184 g/mol. The van der Waals surface area contributed by atoms with Crippen LogP contribution in [-0.4, -0.2) is 11.4 Å². The summed E-state index contributed by atoms with van der Waals surface area (Å²) in [5, 5.41) is 5.84. The molecule has 0 unspecified atom stereocenters. The predicted molar refractivity (Wildman–Crippen MR) is 51.2 cm³/mol. The molecule has 1 N–H and O–H groups in total. The van der Waals surface area contributed by atoms with Gasteiger partial charge in [-0.05, 0) is 26.2 Å². The molecule has 1 aliphatic carbocycles. The van der Waals surface area contributed by atoms with Gasteiger partial charge in [0, 0.05) is 5.38 Å². The van der Waals surface area contributed by atoms with Crippen LogP contribution in [0.5, 0.6) is 0 Å². The number of aromatic nitrogens is 1. The van der Waals surface area contributed by atoms with Gasteiger partial charge in [-0.3, -0.25) is 4.79 Å². The monoisotopic (exact) mass is 195 g/mol. The smallest absolute Gasteiger partial charge is 0.310 e. The summed E-state index contributed by atoms with van der Waals surface area (Å²) in [5.41, 5.74) is 0.816. The van der Waals surface area contributed by atoms with E-state index in [4.69, 9.17) is 0 Å². The second-order valence-corrected chi connectivity index (χ2v) is 4.48. The molecule has 1 heterocycles. The van der Waals surface area contributed by atoms with Crippen LogP contribution in [0, 0.1) is 6.92 Å². The topological polar surface area (TPSA) is 42.0 Å². The minimum absolute atomic E-state index is 0.188. The second kappa shape index (κ2) is 3.10. The molecule has 2 rings (SSSR count). The summed E-state index contributed by atoms with van der Waals surface area (Å²) < 4.78 is 0. The number of aryl methyl sites for hydroxylation is 1. The molecule has 0 aromatic carbocycles. The van der Waals surface area contributed by atoms with E-state index < -0.39 is 0 Å². The first-order valence-corrected chi connectivity index (χ1v) is 5.22. The zero-order valence-electron chi connectivity index (χ0n) is 7.46. The highest BCUT2D eigenvalue weighted by Crippen LogP contribution is 2.40. The molecule has 0 saturated heterocycles. The van der Waals surface area contributed by atoms with E-state index in [1.807, 2.05) is 12.3 Å². The third-order valence-electron chi connectivity index (χ3n) is 2.61. The van der Waals surface area contributed by atoms with Crippen molar-refractivity contribution in [3.05, 3.63) is 16.1 Å². The van der Waals surface area contributed by atoms with Crippen molar-refractivity contribution in [1.29, 1.82) is 0 Å². The highest BCUT2D eigenvalue weighted by Gasteiger charge is 2.40. The van der Waals surface area contributed by atoms with E-state index in [1.54, 1.807) is 17.7 Å². The lowest BCUT2D eigenvalue weighted by molar-refractivity contribution is 0.211. The van der Waals surface area contributed by atoms with Crippen LogP contribution >= 0.6 is 11.3 Å². The molecule has 0 atom stereocenters. The van der Waals surface area contributed by atoms with Crippen molar-refractivity contribution < 1.29 is 4.79 Å². The van der Waals surface area contributed by atoms with E-state index in [1.165, 1.54) is 0 Å². The molecule has 69 valence electrons. The number of hydrogen-bond donors (Lipinski definition) is 1. The molecule has 1 amide bonds. The summed E-state index contributed by atoms with van der Waals surface area (Å²) in [4.78, 5) is 14.7. The fourth-order valence-corrected chi connectivity index (χ4v) is 2.37. The Balaban J connectivity index is 2.25. The van der Waals surface area contributed by atoms with Crippen molar-refractivity contribution in [3.63, 3.8) is 0 Å². The first-order valence-electron chi connectivity index (χ1n) is 4.34. The van der Waals surface area contributed by atoms with Crippen molar-refractivity contribution >= 4 is 17.7 Å². The molecule has 1 fully saturated rings. The standard InChI is InChI=1S/C9H11N2OS/c1-7-11-8(5-13-7)9(10-6-12)3-2-4-9/h5H,2-4H2,1H3,(H,10,12). The van der Waals surface area contributed by atoms with Gasteiger partial charge in [-0.15, -0.1) is 11.3 Å². The summed E-state index contributed by atoms with van der Waals surface area (Å²) in [6, 6.07) is 0. The van der Waals surface area contributed by atoms with Crippen LogP contribution in [0.4, 0.5) is 0 Å². The van der Waals surface area contributed by atoms with Gasteiger partial charge in [0.2, 0.25) is 0 Å². The quantitative estimate of drug-likeness (QED) is 0.742. The molecule has 1 radical (unpaired) electrons. The number of carbonyl (C=O) groups excluding carboxylic acids is 1. The first kappa shape index (κ1) is 8.69. The third kappa shape index (κ3) is 1.35. The number of nitrogens with one attached hydrogen (secondary N) is 1. The molecule has 0 spiro atoms. The van der Waals surface area contributed by atoms with Gasteiger partial charge < -0.3 is 5.32 Å². The average Bonchev–Trinajstić information content (AvgIpc) is 2.44. The summed E-state index contributed by atoms with van der Waals surface area (Å²) >= 11 is 1.63. The van der Waals surface area contributed by atoms with Crippen molar-refractivity contribution in [2.45, 2.75) is 31.7 Å². The fraction of sp³-hybridized carbons (Fsp3) is 0.556. The van der Waals surface area contributed by atoms with E-state index in [2.05, 4.69) is 10.3 Å². The van der Waals surface area contributed by atoms with Gasteiger partial charge in [0.25, 0.3) is 0 Å². The molecule has 1 aromatic heterocycles. The zero-order valence-corrected chi connectivity index (χ0v) is 8.28. The molecule has 1 aromatic rings. The lowest BCUT2D eigenvalue weighted by Gasteiger charge is -2.39. The molecule has 1 saturated carbocycles. The molecular formula is C9H11N2OS. The number of amides is 1. The van der Waals surface area contributed by atoms with Crippen molar-refractivity contribution in [1.82, 2.24) is 10.3 Å². The van der Waals surface area contributed by atoms with Gasteiger partial charge in [-0.2, -0.15) is 0 Å². The Morgan fingerprint density at radius 2 is 2.46 bits per heavy atom. The Kier molecular flexibility index (Phi) is 2.07. The average molecular weight is 195 g/mol. The summed E-state index contributed by atoms with van der Waals surface area (Å²) in [5.74, 6) is 0. The van der Waals surface area contributed by atoms with Gasteiger partial charge >= 0.3 is 6.41 Å². The molecule has 0 aliphatic heterocycles. The lowest BCUT2D eigenvalue weighted by Crippen LogP contribution is -2.47. The minimum Gasteiger partial charge on any atom is -0.337 e. The zero-order chi connectivity index (χ0) is 9.31. The predicted octanol–water partition coefficient (Wildman–Crippen LogP) is 1.49. The van der Waals surface area contributed by atoms with Crippen molar-refractivity contribution in [2.75, 3.05) is 0 Å². The van der Waals surface area contributed by atoms with Crippen molar-refractivity contribution in [3.8, 4) is 0 Å². The summed E-state index contributed by atoms with van der Waals surface area (Å²) in [6.45, 7) is 1.98. The maximum absolute atomic E-state index is 10.3. The Hall–Kier alpha value is -0.900. The maximum Gasteiger partial charge on any atom is 0.310 e. The normalized spacial score (nSPS) is 19.2. The van der Waals surface area contributed by atoms with E-state index in [0.29, 0.717) is 0 Å². The molecule has 1 aliphatic rings. The van der Waals surface area contributed by atoms with Gasteiger partial charge in [-0.25, -0.2) is 4.98 Å². The van der Waals surface area contributed by atoms with Crippen LogP contribution in [-0.2, 0) is 10.3 Å². The van der Waals surface area contributed by atoms with Crippen LogP contribution in [0.2, 0.25) is 0 Å². The largest absolute Gasteiger partial charge is 0.337 e. The Morgan fingerprint density at radius 3 is 2.85 bits per heavy atom. The maximum atomic E-state index is 10.3. The van der Waals surface area contributed by atoms with E-state index in [9.17, 15) is 4.79 Å². The van der Waals surface area contributed by atoms with Crippen LogP contribution in [0.3, 0.4) is 0 Å². The number of rotatable bonds is 3. The number of thiazole rings is 1. The second-order valence-electron chi connectivity index (χ2n) is 3.41. The Bertz CT molecular complexity index is 317. The SMILES string of the molecule is Cc1nc(C2(N[C]=O)CCC2)cs1.